The van der Waals surface area contributed by atoms with Crippen molar-refractivity contribution in [1.29, 1.82) is 0 Å². The molecule has 0 spiro atoms. The largest absolute Gasteiger partial charge is 0.464 e. The lowest BCUT2D eigenvalue weighted by Crippen LogP contribution is -2.30. The quantitative estimate of drug-likeness (QED) is 0.472. The Hall–Kier alpha value is -0.570. The minimum absolute atomic E-state index is 0.166. The van der Waals surface area contributed by atoms with Crippen LogP contribution in [-0.4, -0.2) is 25.8 Å². The predicted molar refractivity (Wildman–Crippen MR) is 51.5 cm³/mol. The summed E-state index contributed by atoms with van der Waals surface area (Å²) < 4.78 is 10.1. The van der Waals surface area contributed by atoms with Crippen LogP contribution >= 0.6 is 0 Å². The Morgan fingerprint density at radius 3 is 2.38 bits per heavy atom. The van der Waals surface area contributed by atoms with E-state index >= 15 is 0 Å². The van der Waals surface area contributed by atoms with E-state index in [0.717, 1.165) is 12.8 Å². The Morgan fingerprint density at radius 2 is 2.00 bits per heavy atom. The number of unbranched alkanes of at least 4 members (excludes halogenated alkanes) is 1. The van der Waals surface area contributed by atoms with Gasteiger partial charge in [0.15, 0.2) is 6.10 Å². The van der Waals surface area contributed by atoms with Crippen LogP contribution in [0.4, 0.5) is 0 Å². The first-order chi connectivity index (χ1) is 6.13. The molecule has 0 aromatic heterocycles. The van der Waals surface area contributed by atoms with Gasteiger partial charge in [0.2, 0.25) is 0 Å². The molecule has 0 N–H and O–H groups in total. The maximum absolute atomic E-state index is 11.3. The maximum atomic E-state index is 11.3. The summed E-state index contributed by atoms with van der Waals surface area (Å²) in [6.07, 6.45) is 1.53. The van der Waals surface area contributed by atoms with Crippen LogP contribution in [0.15, 0.2) is 0 Å². The monoisotopic (exact) mass is 188 g/mol. The van der Waals surface area contributed by atoms with E-state index in [1.54, 1.807) is 0 Å². The van der Waals surface area contributed by atoms with Crippen molar-refractivity contribution in [2.45, 2.75) is 39.7 Å². The lowest BCUT2D eigenvalue weighted by molar-refractivity contribution is -0.158. The summed E-state index contributed by atoms with van der Waals surface area (Å²) in [6, 6.07) is 0. The summed E-state index contributed by atoms with van der Waals surface area (Å²) in [5.41, 5.74) is 0. The smallest absolute Gasteiger partial charge is 0.335 e. The van der Waals surface area contributed by atoms with Crippen molar-refractivity contribution in [3.63, 3.8) is 0 Å². The summed E-state index contributed by atoms with van der Waals surface area (Å²) >= 11 is 0. The van der Waals surface area contributed by atoms with Gasteiger partial charge in [0, 0.05) is 7.11 Å². The molecule has 0 aliphatic carbocycles. The molecule has 3 nitrogen and oxygen atoms in total. The second-order valence-corrected chi connectivity index (χ2v) is 3.42. The third-order valence-corrected chi connectivity index (χ3v) is 1.83. The van der Waals surface area contributed by atoms with Crippen molar-refractivity contribution < 1.29 is 14.3 Å². The second-order valence-electron chi connectivity index (χ2n) is 3.42. The van der Waals surface area contributed by atoms with Gasteiger partial charge in [-0.2, -0.15) is 0 Å². The molecular formula is C10H20O3. The molecule has 1 atom stereocenters. The standard InChI is InChI=1S/C10H20O3/c1-5-6-7-13-10(11)9(12-4)8(2)3/h8-9H,5-7H2,1-4H3. The van der Waals surface area contributed by atoms with Crippen LogP contribution in [0.2, 0.25) is 0 Å². The van der Waals surface area contributed by atoms with Crippen molar-refractivity contribution in [2.24, 2.45) is 5.92 Å². The fourth-order valence-corrected chi connectivity index (χ4v) is 1.04. The second kappa shape index (κ2) is 6.89. The first-order valence-corrected chi connectivity index (χ1v) is 4.82. The van der Waals surface area contributed by atoms with Gasteiger partial charge in [-0.25, -0.2) is 4.79 Å². The summed E-state index contributed by atoms with van der Waals surface area (Å²) in [4.78, 5) is 11.3. The number of esters is 1. The molecule has 0 aromatic rings. The number of ether oxygens (including phenoxy) is 2. The molecular weight excluding hydrogens is 168 g/mol. The van der Waals surface area contributed by atoms with Crippen molar-refractivity contribution >= 4 is 5.97 Å². The third kappa shape index (κ3) is 4.88. The van der Waals surface area contributed by atoms with Crippen LogP contribution in [0.1, 0.15) is 33.6 Å². The molecule has 0 amide bonds. The minimum Gasteiger partial charge on any atom is -0.464 e. The maximum Gasteiger partial charge on any atom is 0.335 e. The third-order valence-electron chi connectivity index (χ3n) is 1.83. The Kier molecular flexibility index (Phi) is 6.59. The predicted octanol–water partition coefficient (Wildman–Crippen LogP) is 2.00. The zero-order valence-electron chi connectivity index (χ0n) is 9.00. The van der Waals surface area contributed by atoms with E-state index in [1.165, 1.54) is 7.11 Å². The summed E-state index contributed by atoms with van der Waals surface area (Å²) in [6.45, 7) is 6.44. The zero-order valence-corrected chi connectivity index (χ0v) is 9.00. The van der Waals surface area contributed by atoms with Gasteiger partial charge in [0.1, 0.15) is 0 Å². The van der Waals surface area contributed by atoms with E-state index in [-0.39, 0.29) is 11.9 Å². The average molecular weight is 188 g/mol. The van der Waals surface area contributed by atoms with E-state index in [4.69, 9.17) is 9.47 Å². The molecule has 0 radical (unpaired) electrons. The number of methoxy groups -OCH3 is 1. The molecule has 0 aliphatic heterocycles. The summed E-state index contributed by atoms with van der Waals surface area (Å²) in [5.74, 6) is -0.0786. The molecule has 0 saturated carbocycles. The lowest BCUT2D eigenvalue weighted by Gasteiger charge is -2.17. The first kappa shape index (κ1) is 12.4. The Labute approximate surface area is 80.4 Å². The normalized spacial score (nSPS) is 13.0. The van der Waals surface area contributed by atoms with Crippen molar-refractivity contribution in [2.75, 3.05) is 13.7 Å². The minimum atomic E-state index is -0.420. The Balaban J connectivity index is 3.78. The van der Waals surface area contributed by atoms with E-state index in [2.05, 4.69) is 6.92 Å². The molecule has 0 aromatic carbocycles. The van der Waals surface area contributed by atoms with Crippen LogP contribution in [0.3, 0.4) is 0 Å². The summed E-state index contributed by atoms with van der Waals surface area (Å²) in [7, 11) is 1.53. The average Bonchev–Trinajstić information content (AvgIpc) is 2.05. The molecule has 0 fully saturated rings. The van der Waals surface area contributed by atoms with E-state index in [0.29, 0.717) is 6.61 Å². The SMILES string of the molecule is CCCCOC(=O)C(OC)C(C)C. The van der Waals surface area contributed by atoms with Crippen LogP contribution in [0, 0.1) is 5.92 Å². The van der Waals surface area contributed by atoms with Gasteiger partial charge in [-0.3, -0.25) is 0 Å². The molecule has 0 bridgehead atoms. The van der Waals surface area contributed by atoms with Crippen LogP contribution < -0.4 is 0 Å². The van der Waals surface area contributed by atoms with Gasteiger partial charge in [0.05, 0.1) is 6.61 Å². The van der Waals surface area contributed by atoms with Crippen molar-refractivity contribution in [1.82, 2.24) is 0 Å². The van der Waals surface area contributed by atoms with Crippen molar-refractivity contribution in [3.8, 4) is 0 Å². The molecule has 78 valence electrons. The molecule has 0 rings (SSSR count). The number of hydrogen-bond donors (Lipinski definition) is 0. The molecule has 0 aliphatic rings. The number of rotatable bonds is 6. The fourth-order valence-electron chi connectivity index (χ4n) is 1.04. The zero-order chi connectivity index (χ0) is 10.3. The fraction of sp³-hybridized carbons (Fsp3) is 0.900. The van der Waals surface area contributed by atoms with E-state index < -0.39 is 6.10 Å². The highest BCUT2D eigenvalue weighted by atomic mass is 16.6. The number of carbonyl (C=O) groups is 1. The van der Waals surface area contributed by atoms with Gasteiger partial charge in [-0.05, 0) is 12.3 Å². The van der Waals surface area contributed by atoms with Gasteiger partial charge in [-0.1, -0.05) is 27.2 Å². The van der Waals surface area contributed by atoms with Crippen LogP contribution in [0.25, 0.3) is 0 Å². The number of carbonyl (C=O) groups excluding carboxylic acids is 1. The topological polar surface area (TPSA) is 35.5 Å². The molecule has 0 heterocycles. The van der Waals surface area contributed by atoms with Gasteiger partial charge >= 0.3 is 5.97 Å². The molecule has 13 heavy (non-hydrogen) atoms. The van der Waals surface area contributed by atoms with Crippen LogP contribution in [0.5, 0.6) is 0 Å². The number of hydrogen-bond acceptors (Lipinski definition) is 3. The molecule has 0 saturated heterocycles. The molecule has 1 unspecified atom stereocenters. The highest BCUT2D eigenvalue weighted by Crippen LogP contribution is 2.07. The van der Waals surface area contributed by atoms with Crippen molar-refractivity contribution in [3.05, 3.63) is 0 Å². The van der Waals surface area contributed by atoms with Gasteiger partial charge in [0.25, 0.3) is 0 Å². The highest BCUT2D eigenvalue weighted by Gasteiger charge is 2.22. The summed E-state index contributed by atoms with van der Waals surface area (Å²) in [5, 5.41) is 0. The first-order valence-electron chi connectivity index (χ1n) is 4.82. The van der Waals surface area contributed by atoms with Gasteiger partial charge < -0.3 is 9.47 Å². The highest BCUT2D eigenvalue weighted by molar-refractivity contribution is 5.74. The Bertz CT molecular complexity index is 143. The molecule has 3 heteroatoms. The van der Waals surface area contributed by atoms with E-state index in [9.17, 15) is 4.79 Å². The van der Waals surface area contributed by atoms with Gasteiger partial charge in [-0.15, -0.1) is 0 Å². The van der Waals surface area contributed by atoms with Crippen LogP contribution in [-0.2, 0) is 14.3 Å². The van der Waals surface area contributed by atoms with E-state index in [1.807, 2.05) is 13.8 Å². The lowest BCUT2D eigenvalue weighted by atomic mass is 10.1. The Morgan fingerprint density at radius 1 is 1.38 bits per heavy atom.